The highest BCUT2D eigenvalue weighted by atomic mass is 16.6. The first-order valence-electron chi connectivity index (χ1n) is 6.69. The maximum atomic E-state index is 10.0. The van der Waals surface area contributed by atoms with Gasteiger partial charge in [-0.25, -0.2) is 0 Å². The molecule has 1 aliphatic carbocycles. The van der Waals surface area contributed by atoms with Gasteiger partial charge in [0.25, 0.3) is 5.69 Å². The van der Waals surface area contributed by atoms with Crippen LogP contribution in [0.2, 0.25) is 0 Å². The Morgan fingerprint density at radius 2 is 2.05 bits per heavy atom. The summed E-state index contributed by atoms with van der Waals surface area (Å²) in [6.45, 7) is 0. The normalized spacial score (nSPS) is 14.1. The standard InChI is InChI=1S/C8H13N3.C6H5NO2/c1-11-6-9-10-8(11)5-7-3-2-4-7;8-7(9)6-4-2-1-3-5-6/h6-7H,2-5H2,1H3;1-5H. The van der Waals surface area contributed by atoms with Gasteiger partial charge >= 0.3 is 0 Å². The van der Waals surface area contributed by atoms with E-state index in [1.54, 1.807) is 24.5 Å². The molecule has 0 aliphatic heterocycles. The van der Waals surface area contributed by atoms with Crippen LogP contribution in [0.25, 0.3) is 0 Å². The van der Waals surface area contributed by atoms with Crippen LogP contribution in [-0.2, 0) is 13.5 Å². The summed E-state index contributed by atoms with van der Waals surface area (Å²) < 4.78 is 2.01. The number of nitrogens with zero attached hydrogens (tertiary/aromatic N) is 4. The van der Waals surface area contributed by atoms with Gasteiger partial charge in [0, 0.05) is 25.6 Å². The largest absolute Gasteiger partial charge is 0.321 e. The molecule has 0 spiro atoms. The van der Waals surface area contributed by atoms with E-state index in [9.17, 15) is 10.1 Å². The zero-order chi connectivity index (χ0) is 14.4. The van der Waals surface area contributed by atoms with Crippen LogP contribution < -0.4 is 0 Å². The molecule has 1 aromatic heterocycles. The summed E-state index contributed by atoms with van der Waals surface area (Å²) in [5, 5.41) is 17.9. The van der Waals surface area contributed by atoms with Crippen molar-refractivity contribution in [2.75, 3.05) is 0 Å². The first-order chi connectivity index (χ1) is 9.66. The monoisotopic (exact) mass is 274 g/mol. The lowest BCUT2D eigenvalue weighted by molar-refractivity contribution is -0.384. The third-order valence-corrected chi connectivity index (χ3v) is 3.47. The van der Waals surface area contributed by atoms with Gasteiger partial charge in [0.1, 0.15) is 12.2 Å². The van der Waals surface area contributed by atoms with Gasteiger partial charge in [0.2, 0.25) is 0 Å². The van der Waals surface area contributed by atoms with E-state index < -0.39 is 4.92 Å². The number of nitro groups is 1. The first-order valence-corrected chi connectivity index (χ1v) is 6.69. The fourth-order valence-electron chi connectivity index (χ4n) is 2.00. The molecule has 0 amide bonds. The Labute approximate surface area is 117 Å². The van der Waals surface area contributed by atoms with Crippen LogP contribution in [0.4, 0.5) is 5.69 Å². The molecule has 1 aliphatic rings. The van der Waals surface area contributed by atoms with Crippen molar-refractivity contribution in [3.63, 3.8) is 0 Å². The fourth-order valence-corrected chi connectivity index (χ4v) is 2.00. The van der Waals surface area contributed by atoms with E-state index in [-0.39, 0.29) is 5.69 Å². The summed E-state index contributed by atoms with van der Waals surface area (Å²) in [6.07, 6.45) is 7.06. The van der Waals surface area contributed by atoms with Crippen molar-refractivity contribution in [2.45, 2.75) is 25.7 Å². The first kappa shape index (κ1) is 14.2. The molecule has 0 bridgehead atoms. The fraction of sp³-hybridized carbons (Fsp3) is 0.429. The van der Waals surface area contributed by atoms with E-state index in [2.05, 4.69) is 10.2 Å². The predicted molar refractivity (Wildman–Crippen MR) is 75.1 cm³/mol. The number of rotatable bonds is 3. The Morgan fingerprint density at radius 3 is 2.45 bits per heavy atom. The highest BCUT2D eigenvalue weighted by molar-refractivity contribution is 5.27. The van der Waals surface area contributed by atoms with Gasteiger partial charge < -0.3 is 4.57 Å². The van der Waals surface area contributed by atoms with Gasteiger partial charge in [-0.15, -0.1) is 10.2 Å². The highest BCUT2D eigenvalue weighted by Crippen LogP contribution is 2.28. The molecule has 6 heteroatoms. The lowest BCUT2D eigenvalue weighted by atomic mass is 9.83. The molecule has 1 aromatic carbocycles. The molecule has 2 aromatic rings. The number of benzene rings is 1. The van der Waals surface area contributed by atoms with Crippen molar-refractivity contribution < 1.29 is 4.92 Å². The number of para-hydroxylation sites is 1. The molecule has 0 saturated heterocycles. The summed E-state index contributed by atoms with van der Waals surface area (Å²) in [5.41, 5.74) is 0.137. The second kappa shape index (κ2) is 6.79. The summed E-state index contributed by atoms with van der Waals surface area (Å²) in [7, 11) is 2.01. The predicted octanol–water partition coefficient (Wildman–Crippen LogP) is 2.75. The molecule has 0 radical (unpaired) electrons. The highest BCUT2D eigenvalue weighted by Gasteiger charge is 2.19. The van der Waals surface area contributed by atoms with Crippen LogP contribution >= 0.6 is 0 Å². The maximum absolute atomic E-state index is 10.0. The molecule has 3 rings (SSSR count). The number of aromatic nitrogens is 3. The van der Waals surface area contributed by atoms with Gasteiger partial charge in [0.15, 0.2) is 0 Å². The van der Waals surface area contributed by atoms with Crippen LogP contribution in [0.5, 0.6) is 0 Å². The zero-order valence-corrected chi connectivity index (χ0v) is 11.5. The average Bonchev–Trinajstić information content (AvgIpc) is 2.81. The van der Waals surface area contributed by atoms with E-state index >= 15 is 0 Å². The van der Waals surface area contributed by atoms with E-state index in [0.29, 0.717) is 0 Å². The van der Waals surface area contributed by atoms with Gasteiger partial charge in [-0.05, 0) is 5.92 Å². The average molecular weight is 274 g/mol. The van der Waals surface area contributed by atoms with Gasteiger partial charge in [-0.1, -0.05) is 37.5 Å². The van der Waals surface area contributed by atoms with E-state index in [1.807, 2.05) is 11.6 Å². The third kappa shape index (κ3) is 3.88. The number of hydrogen-bond donors (Lipinski definition) is 0. The van der Waals surface area contributed by atoms with Gasteiger partial charge in [-0.2, -0.15) is 0 Å². The molecule has 0 unspecified atom stereocenters. The molecule has 1 heterocycles. The second-order valence-corrected chi connectivity index (χ2v) is 4.95. The molecular formula is C14H18N4O2. The van der Waals surface area contributed by atoms with Crippen LogP contribution in [0, 0.1) is 16.0 Å². The minimum Gasteiger partial charge on any atom is -0.321 e. The molecule has 106 valence electrons. The summed E-state index contributed by atoms with van der Waals surface area (Å²) in [5.74, 6) is 2.02. The summed E-state index contributed by atoms with van der Waals surface area (Å²) in [6, 6.07) is 7.93. The summed E-state index contributed by atoms with van der Waals surface area (Å²) in [4.78, 5) is 9.59. The van der Waals surface area contributed by atoms with Crippen molar-refractivity contribution >= 4 is 5.69 Å². The van der Waals surface area contributed by atoms with E-state index in [4.69, 9.17) is 0 Å². The minimum atomic E-state index is -0.417. The van der Waals surface area contributed by atoms with Gasteiger partial charge in [0.05, 0.1) is 4.92 Å². The Balaban J connectivity index is 0.000000151. The zero-order valence-electron chi connectivity index (χ0n) is 11.5. The van der Waals surface area contributed by atoms with Crippen molar-refractivity contribution in [1.29, 1.82) is 0 Å². The molecule has 6 nitrogen and oxygen atoms in total. The molecule has 20 heavy (non-hydrogen) atoms. The number of non-ortho nitro benzene ring substituents is 1. The lowest BCUT2D eigenvalue weighted by Gasteiger charge is -2.24. The van der Waals surface area contributed by atoms with Crippen LogP contribution in [-0.4, -0.2) is 19.7 Å². The van der Waals surface area contributed by atoms with Crippen LogP contribution in [0.15, 0.2) is 36.7 Å². The van der Waals surface area contributed by atoms with Crippen molar-refractivity contribution in [3.8, 4) is 0 Å². The minimum absolute atomic E-state index is 0.137. The second-order valence-electron chi connectivity index (χ2n) is 4.95. The van der Waals surface area contributed by atoms with Crippen molar-refractivity contribution in [3.05, 3.63) is 52.6 Å². The Kier molecular flexibility index (Phi) is 4.81. The van der Waals surface area contributed by atoms with Crippen LogP contribution in [0.3, 0.4) is 0 Å². The SMILES string of the molecule is Cn1cnnc1CC1CCC1.O=[N+]([O-])c1ccccc1. The Morgan fingerprint density at radius 1 is 1.35 bits per heavy atom. The summed E-state index contributed by atoms with van der Waals surface area (Å²) >= 11 is 0. The van der Waals surface area contributed by atoms with E-state index in [1.165, 1.54) is 31.4 Å². The van der Waals surface area contributed by atoms with Gasteiger partial charge in [-0.3, -0.25) is 10.1 Å². The number of nitro benzene ring substituents is 1. The molecule has 1 fully saturated rings. The molecule has 0 N–H and O–H groups in total. The van der Waals surface area contributed by atoms with Crippen LogP contribution in [0.1, 0.15) is 25.1 Å². The topological polar surface area (TPSA) is 73.8 Å². The lowest BCUT2D eigenvalue weighted by Crippen LogP contribution is -2.15. The Bertz CT molecular complexity index is 549. The number of hydrogen-bond acceptors (Lipinski definition) is 4. The molecule has 1 saturated carbocycles. The van der Waals surface area contributed by atoms with E-state index in [0.717, 1.165) is 18.2 Å². The Hall–Kier alpha value is -2.24. The van der Waals surface area contributed by atoms with Crippen molar-refractivity contribution in [2.24, 2.45) is 13.0 Å². The maximum Gasteiger partial charge on any atom is 0.269 e. The van der Waals surface area contributed by atoms with Crippen molar-refractivity contribution in [1.82, 2.24) is 14.8 Å². The molecular weight excluding hydrogens is 256 g/mol. The molecule has 0 atom stereocenters. The quantitative estimate of drug-likeness (QED) is 0.637. The third-order valence-electron chi connectivity index (χ3n) is 3.47. The number of aryl methyl sites for hydroxylation is 1. The smallest absolute Gasteiger partial charge is 0.269 e.